The highest BCUT2D eigenvalue weighted by molar-refractivity contribution is 5.53. The summed E-state index contributed by atoms with van der Waals surface area (Å²) < 4.78 is 0. The first-order chi connectivity index (χ1) is 6.95. The van der Waals surface area contributed by atoms with Gasteiger partial charge in [0.2, 0.25) is 0 Å². The van der Waals surface area contributed by atoms with Gasteiger partial charge in [-0.1, -0.05) is 32.9 Å². The normalized spacial score (nSPS) is 10.9. The minimum atomic E-state index is 0.179. The van der Waals surface area contributed by atoms with Crippen molar-refractivity contribution >= 4 is 5.69 Å². The molecule has 1 aromatic rings. The summed E-state index contributed by atoms with van der Waals surface area (Å²) in [5, 5.41) is 11.6. The number of anilines is 1. The van der Waals surface area contributed by atoms with Crippen LogP contribution < -0.4 is 5.32 Å². The van der Waals surface area contributed by atoms with Gasteiger partial charge in [0.15, 0.2) is 0 Å². The Hall–Kier alpha value is -1.49. The van der Waals surface area contributed by atoms with Crippen LogP contribution in [0.3, 0.4) is 0 Å². The zero-order chi connectivity index (χ0) is 11.5. The second kappa shape index (κ2) is 4.35. The first-order valence-corrected chi connectivity index (χ1v) is 5.17. The van der Waals surface area contributed by atoms with Crippen LogP contribution in [0.25, 0.3) is 0 Å². The van der Waals surface area contributed by atoms with Gasteiger partial charge in [0, 0.05) is 5.69 Å². The first kappa shape index (κ1) is 11.6. The molecule has 2 nitrogen and oxygen atoms in total. The number of nitrogens with one attached hydrogen (secondary N) is 1. The van der Waals surface area contributed by atoms with Crippen molar-refractivity contribution in [2.75, 3.05) is 11.9 Å². The summed E-state index contributed by atoms with van der Waals surface area (Å²) in [7, 11) is 0. The molecule has 0 fully saturated rings. The van der Waals surface area contributed by atoms with Crippen molar-refractivity contribution in [1.82, 2.24) is 0 Å². The Kier molecular flexibility index (Phi) is 3.36. The Balaban J connectivity index is 2.94. The molecule has 0 aliphatic carbocycles. The quantitative estimate of drug-likeness (QED) is 0.747. The SMILES string of the molecule is Cc1cc(C(C)(C)C)ccc1NCC#N. The number of rotatable bonds is 2. The van der Waals surface area contributed by atoms with Crippen molar-refractivity contribution in [3.8, 4) is 6.07 Å². The van der Waals surface area contributed by atoms with E-state index in [4.69, 9.17) is 5.26 Å². The third-order valence-electron chi connectivity index (χ3n) is 2.45. The van der Waals surface area contributed by atoms with Crippen molar-refractivity contribution in [3.05, 3.63) is 29.3 Å². The largest absolute Gasteiger partial charge is 0.372 e. The summed E-state index contributed by atoms with van der Waals surface area (Å²) in [5.41, 5.74) is 3.74. The second-order valence-electron chi connectivity index (χ2n) is 4.79. The van der Waals surface area contributed by atoms with E-state index in [1.807, 2.05) is 6.07 Å². The lowest BCUT2D eigenvalue weighted by atomic mass is 9.86. The van der Waals surface area contributed by atoms with Crippen LogP contribution in [0.5, 0.6) is 0 Å². The van der Waals surface area contributed by atoms with Gasteiger partial charge < -0.3 is 5.32 Å². The minimum absolute atomic E-state index is 0.179. The number of nitrogens with zero attached hydrogens (tertiary/aromatic N) is 1. The predicted molar refractivity (Wildman–Crippen MR) is 64.0 cm³/mol. The molecule has 0 heterocycles. The lowest BCUT2D eigenvalue weighted by molar-refractivity contribution is 0.590. The summed E-state index contributed by atoms with van der Waals surface area (Å²) in [4.78, 5) is 0. The van der Waals surface area contributed by atoms with Gasteiger partial charge in [-0.25, -0.2) is 0 Å². The van der Waals surface area contributed by atoms with Crippen molar-refractivity contribution in [1.29, 1.82) is 5.26 Å². The van der Waals surface area contributed by atoms with Crippen LogP contribution in [0.2, 0.25) is 0 Å². The number of benzene rings is 1. The summed E-state index contributed by atoms with van der Waals surface area (Å²) >= 11 is 0. The van der Waals surface area contributed by atoms with E-state index in [0.29, 0.717) is 6.54 Å². The number of aryl methyl sites for hydroxylation is 1. The van der Waals surface area contributed by atoms with Gasteiger partial charge >= 0.3 is 0 Å². The van der Waals surface area contributed by atoms with Crippen LogP contribution in [0.4, 0.5) is 5.69 Å². The van der Waals surface area contributed by atoms with Gasteiger partial charge in [-0.3, -0.25) is 0 Å². The Morgan fingerprint density at radius 2 is 2.00 bits per heavy atom. The lowest BCUT2D eigenvalue weighted by Gasteiger charge is -2.20. The molecule has 1 aromatic carbocycles. The number of hydrogen-bond acceptors (Lipinski definition) is 2. The standard InChI is InChI=1S/C13H18N2/c1-10-9-11(13(2,3)4)5-6-12(10)15-8-7-14/h5-6,9,15H,8H2,1-4H3. The van der Waals surface area contributed by atoms with E-state index in [2.05, 4.69) is 51.2 Å². The molecule has 0 bridgehead atoms. The fourth-order valence-corrected chi connectivity index (χ4v) is 1.46. The van der Waals surface area contributed by atoms with Gasteiger partial charge in [-0.15, -0.1) is 0 Å². The van der Waals surface area contributed by atoms with Gasteiger partial charge in [0.1, 0.15) is 6.54 Å². The topological polar surface area (TPSA) is 35.8 Å². The molecule has 80 valence electrons. The smallest absolute Gasteiger partial charge is 0.103 e. The summed E-state index contributed by atoms with van der Waals surface area (Å²) in [6, 6.07) is 8.42. The fraction of sp³-hybridized carbons (Fsp3) is 0.462. The Morgan fingerprint density at radius 3 is 2.47 bits per heavy atom. The van der Waals surface area contributed by atoms with E-state index in [1.54, 1.807) is 0 Å². The van der Waals surface area contributed by atoms with E-state index >= 15 is 0 Å². The van der Waals surface area contributed by atoms with E-state index < -0.39 is 0 Å². The van der Waals surface area contributed by atoms with Crippen molar-refractivity contribution in [3.63, 3.8) is 0 Å². The van der Waals surface area contributed by atoms with Gasteiger partial charge in [-0.05, 0) is 29.5 Å². The third-order valence-corrected chi connectivity index (χ3v) is 2.45. The maximum atomic E-state index is 8.49. The van der Waals surface area contributed by atoms with Crippen LogP contribution in [0.15, 0.2) is 18.2 Å². The highest BCUT2D eigenvalue weighted by Crippen LogP contribution is 2.26. The molecule has 0 saturated heterocycles. The first-order valence-electron chi connectivity index (χ1n) is 5.17. The molecule has 0 atom stereocenters. The average Bonchev–Trinajstić information content (AvgIpc) is 2.14. The van der Waals surface area contributed by atoms with E-state index in [1.165, 1.54) is 11.1 Å². The van der Waals surface area contributed by atoms with Crippen LogP contribution in [0.1, 0.15) is 31.9 Å². The Bertz CT molecular complexity index is 381. The molecule has 0 aliphatic heterocycles. The molecule has 15 heavy (non-hydrogen) atoms. The molecule has 0 amide bonds. The molecule has 0 unspecified atom stereocenters. The molecule has 0 spiro atoms. The molecular weight excluding hydrogens is 184 g/mol. The monoisotopic (exact) mass is 202 g/mol. The van der Waals surface area contributed by atoms with Gasteiger partial charge in [0.25, 0.3) is 0 Å². The van der Waals surface area contributed by atoms with Crippen molar-refractivity contribution in [2.45, 2.75) is 33.1 Å². The molecule has 0 aromatic heterocycles. The van der Waals surface area contributed by atoms with E-state index in [9.17, 15) is 0 Å². The third kappa shape index (κ3) is 2.99. The summed E-state index contributed by atoms with van der Waals surface area (Å²) in [6.07, 6.45) is 0. The van der Waals surface area contributed by atoms with Crippen LogP contribution in [-0.4, -0.2) is 6.54 Å². The molecule has 1 N–H and O–H groups in total. The maximum Gasteiger partial charge on any atom is 0.103 e. The second-order valence-corrected chi connectivity index (χ2v) is 4.79. The number of nitriles is 1. The molecular formula is C13H18N2. The molecule has 0 saturated carbocycles. The average molecular weight is 202 g/mol. The van der Waals surface area contributed by atoms with Crippen molar-refractivity contribution < 1.29 is 0 Å². The molecule has 0 aliphatic rings. The summed E-state index contributed by atoms with van der Waals surface area (Å²) in [5.74, 6) is 0. The Labute approximate surface area is 91.9 Å². The van der Waals surface area contributed by atoms with Gasteiger partial charge in [-0.2, -0.15) is 5.26 Å². The molecule has 1 rings (SSSR count). The highest BCUT2D eigenvalue weighted by atomic mass is 14.9. The zero-order valence-electron chi connectivity index (χ0n) is 9.89. The van der Waals surface area contributed by atoms with Crippen LogP contribution >= 0.6 is 0 Å². The van der Waals surface area contributed by atoms with Crippen LogP contribution in [0, 0.1) is 18.3 Å². The minimum Gasteiger partial charge on any atom is -0.372 e. The maximum absolute atomic E-state index is 8.49. The van der Waals surface area contributed by atoms with E-state index in [0.717, 1.165) is 5.69 Å². The summed E-state index contributed by atoms with van der Waals surface area (Å²) in [6.45, 7) is 9.02. The van der Waals surface area contributed by atoms with E-state index in [-0.39, 0.29) is 5.41 Å². The highest BCUT2D eigenvalue weighted by Gasteiger charge is 2.14. The zero-order valence-corrected chi connectivity index (χ0v) is 9.89. The van der Waals surface area contributed by atoms with Crippen molar-refractivity contribution in [2.24, 2.45) is 0 Å². The lowest BCUT2D eigenvalue weighted by Crippen LogP contribution is -2.11. The Morgan fingerprint density at radius 1 is 1.33 bits per heavy atom. The number of hydrogen-bond donors (Lipinski definition) is 1. The predicted octanol–water partition coefficient (Wildman–Crippen LogP) is 3.23. The van der Waals surface area contributed by atoms with Crippen LogP contribution in [-0.2, 0) is 5.41 Å². The fourth-order valence-electron chi connectivity index (χ4n) is 1.46. The van der Waals surface area contributed by atoms with Gasteiger partial charge in [0.05, 0.1) is 6.07 Å². The molecule has 2 heteroatoms. The molecule has 0 radical (unpaired) electrons.